The number of carbonyl (C=O) groups is 1. The van der Waals surface area contributed by atoms with Gasteiger partial charge in [-0.25, -0.2) is 5.43 Å². The summed E-state index contributed by atoms with van der Waals surface area (Å²) in [5.74, 6) is 0.656. The lowest BCUT2D eigenvalue weighted by Crippen LogP contribution is -2.16. The summed E-state index contributed by atoms with van der Waals surface area (Å²) in [5, 5.41) is 4.00. The number of nitrogens with one attached hydrogen (secondary N) is 1. The summed E-state index contributed by atoms with van der Waals surface area (Å²) in [6.45, 7) is 0. The van der Waals surface area contributed by atoms with Gasteiger partial charge in [0.05, 0.1) is 18.2 Å². The third kappa shape index (κ3) is 3.13. The molecule has 0 fully saturated rings. The number of amides is 1. The number of carbonyl (C=O) groups excluding carboxylic acids is 1. The molecule has 2 aromatic rings. The Balaban J connectivity index is 1.60. The van der Waals surface area contributed by atoms with Crippen molar-refractivity contribution < 1.29 is 9.53 Å². The van der Waals surface area contributed by atoms with Gasteiger partial charge in [0.1, 0.15) is 5.75 Å². The van der Waals surface area contributed by atoms with Gasteiger partial charge >= 0.3 is 0 Å². The van der Waals surface area contributed by atoms with Gasteiger partial charge in [-0.05, 0) is 60.7 Å². The average Bonchev–Trinajstić information content (AvgIpc) is 3.09. The number of thiophene rings is 1. The van der Waals surface area contributed by atoms with Crippen LogP contribution in [0.15, 0.2) is 35.4 Å². The molecule has 1 amide bonds. The van der Waals surface area contributed by atoms with Crippen LogP contribution in [0.5, 0.6) is 5.75 Å². The van der Waals surface area contributed by atoms with E-state index in [1.165, 1.54) is 16.9 Å². The van der Waals surface area contributed by atoms with Crippen molar-refractivity contribution in [3.63, 3.8) is 0 Å². The van der Waals surface area contributed by atoms with Crippen LogP contribution in [0.25, 0.3) is 0 Å². The maximum Gasteiger partial charge on any atom is 0.281 e. The monoisotopic (exact) mass is 300 g/mol. The molecule has 0 radical (unpaired) electrons. The van der Waals surface area contributed by atoms with E-state index in [-0.39, 0.29) is 5.91 Å². The molecule has 0 spiro atoms. The smallest absolute Gasteiger partial charge is 0.281 e. The number of nitrogens with zero attached hydrogens (tertiary/aromatic N) is 1. The van der Waals surface area contributed by atoms with Gasteiger partial charge in [0.25, 0.3) is 5.91 Å². The van der Waals surface area contributed by atoms with Crippen LogP contribution in [0.3, 0.4) is 0 Å². The minimum absolute atomic E-state index is 0.140. The highest BCUT2D eigenvalue weighted by Crippen LogP contribution is 2.30. The maximum absolute atomic E-state index is 12.0. The zero-order valence-electron chi connectivity index (χ0n) is 11.8. The van der Waals surface area contributed by atoms with Crippen molar-refractivity contribution in [2.24, 2.45) is 5.10 Å². The van der Waals surface area contributed by atoms with E-state index in [0.29, 0.717) is 0 Å². The number of benzene rings is 1. The first kappa shape index (κ1) is 13.8. The van der Waals surface area contributed by atoms with Gasteiger partial charge in [-0.3, -0.25) is 4.79 Å². The van der Waals surface area contributed by atoms with Crippen LogP contribution in [-0.4, -0.2) is 19.2 Å². The molecular formula is C16H16N2O2S. The molecule has 3 rings (SSSR count). The number of fused-ring (bicyclic) bond motifs is 1. The van der Waals surface area contributed by atoms with E-state index < -0.39 is 0 Å². The number of hydrogen-bond donors (Lipinski definition) is 1. The van der Waals surface area contributed by atoms with E-state index in [1.54, 1.807) is 24.7 Å². The van der Waals surface area contributed by atoms with Crippen LogP contribution in [-0.2, 0) is 12.8 Å². The summed E-state index contributed by atoms with van der Waals surface area (Å²) >= 11 is 1.58. The first-order chi connectivity index (χ1) is 10.3. The largest absolute Gasteiger partial charge is 0.497 e. The average molecular weight is 300 g/mol. The topological polar surface area (TPSA) is 50.7 Å². The van der Waals surface area contributed by atoms with Crippen LogP contribution in [0, 0.1) is 0 Å². The van der Waals surface area contributed by atoms with Crippen molar-refractivity contribution in [1.82, 2.24) is 5.43 Å². The zero-order valence-corrected chi connectivity index (χ0v) is 12.6. The predicted molar refractivity (Wildman–Crippen MR) is 84.4 cm³/mol. The molecule has 0 saturated heterocycles. The summed E-state index contributed by atoms with van der Waals surface area (Å²) in [4.78, 5) is 14.1. The second-order valence-electron chi connectivity index (χ2n) is 4.88. The van der Waals surface area contributed by atoms with E-state index in [1.807, 2.05) is 30.3 Å². The second-order valence-corrected chi connectivity index (χ2v) is 6.02. The molecule has 21 heavy (non-hydrogen) atoms. The summed E-state index contributed by atoms with van der Waals surface area (Å²) < 4.78 is 5.09. The van der Waals surface area contributed by atoms with Crippen molar-refractivity contribution in [1.29, 1.82) is 0 Å². The van der Waals surface area contributed by atoms with Crippen molar-refractivity contribution >= 4 is 23.5 Å². The Morgan fingerprint density at radius 2 is 2.14 bits per heavy atom. The van der Waals surface area contributed by atoms with E-state index in [0.717, 1.165) is 29.0 Å². The van der Waals surface area contributed by atoms with Gasteiger partial charge in [0.2, 0.25) is 0 Å². The summed E-state index contributed by atoms with van der Waals surface area (Å²) in [6, 6.07) is 9.47. The van der Waals surface area contributed by atoms with Crippen LogP contribution in [0.4, 0.5) is 0 Å². The molecular weight excluding hydrogens is 284 g/mol. The lowest BCUT2D eigenvalue weighted by atomic mass is 10.2. The van der Waals surface area contributed by atoms with Gasteiger partial charge in [-0.2, -0.15) is 5.10 Å². The molecule has 108 valence electrons. The predicted octanol–water partition coefficient (Wildman–Crippen LogP) is 3.01. The molecule has 0 saturated carbocycles. The van der Waals surface area contributed by atoms with Crippen molar-refractivity contribution in [3.8, 4) is 5.75 Å². The number of aryl methyl sites for hydroxylation is 2. The van der Waals surface area contributed by atoms with Crippen LogP contribution in [0.1, 0.15) is 32.1 Å². The molecule has 0 aliphatic heterocycles. The van der Waals surface area contributed by atoms with E-state index in [4.69, 9.17) is 4.74 Å². The molecule has 1 aromatic carbocycles. The molecule has 1 heterocycles. The summed E-state index contributed by atoms with van der Waals surface area (Å²) in [5.41, 5.74) is 4.81. The number of hydrogen-bond acceptors (Lipinski definition) is 4. The van der Waals surface area contributed by atoms with Crippen LogP contribution in [0.2, 0.25) is 0 Å². The normalized spacial score (nSPS) is 13.4. The quantitative estimate of drug-likeness (QED) is 0.697. The highest BCUT2D eigenvalue weighted by molar-refractivity contribution is 7.14. The third-order valence-electron chi connectivity index (χ3n) is 3.47. The van der Waals surface area contributed by atoms with Gasteiger partial charge in [-0.1, -0.05) is 0 Å². The number of ether oxygens (including phenoxy) is 1. The van der Waals surface area contributed by atoms with Crippen molar-refractivity contribution in [3.05, 3.63) is 51.2 Å². The first-order valence-corrected chi connectivity index (χ1v) is 7.67. The fourth-order valence-electron chi connectivity index (χ4n) is 2.35. The Morgan fingerprint density at radius 1 is 1.33 bits per heavy atom. The van der Waals surface area contributed by atoms with E-state index in [2.05, 4.69) is 10.5 Å². The molecule has 0 unspecified atom stereocenters. The molecule has 0 bridgehead atoms. The highest BCUT2D eigenvalue weighted by atomic mass is 32.1. The minimum atomic E-state index is -0.140. The molecule has 0 atom stereocenters. The Labute approximate surface area is 127 Å². The maximum atomic E-state index is 12.0. The van der Waals surface area contributed by atoms with Gasteiger partial charge in [-0.15, -0.1) is 11.3 Å². The second kappa shape index (κ2) is 6.10. The third-order valence-corrected chi connectivity index (χ3v) is 4.70. The van der Waals surface area contributed by atoms with Crippen molar-refractivity contribution in [2.75, 3.05) is 7.11 Å². The van der Waals surface area contributed by atoms with E-state index >= 15 is 0 Å². The standard InChI is InChI=1S/C16H16N2O2S/c1-20-13-7-5-11(6-8-13)10-17-18-16(19)15-9-12-3-2-4-14(12)21-15/h5-10H,2-4H2,1H3,(H,18,19)/b17-10-. The van der Waals surface area contributed by atoms with Gasteiger partial charge < -0.3 is 4.74 Å². The number of rotatable bonds is 4. The Hall–Kier alpha value is -2.14. The molecule has 1 aliphatic rings. The minimum Gasteiger partial charge on any atom is -0.497 e. The molecule has 1 N–H and O–H groups in total. The van der Waals surface area contributed by atoms with Gasteiger partial charge in [0, 0.05) is 4.88 Å². The van der Waals surface area contributed by atoms with Crippen molar-refractivity contribution in [2.45, 2.75) is 19.3 Å². The molecule has 1 aliphatic carbocycles. The van der Waals surface area contributed by atoms with Crippen LogP contribution >= 0.6 is 11.3 Å². The van der Waals surface area contributed by atoms with Crippen LogP contribution < -0.4 is 10.2 Å². The molecule has 5 heteroatoms. The fraction of sp³-hybridized carbons (Fsp3) is 0.250. The lowest BCUT2D eigenvalue weighted by molar-refractivity contribution is 0.0959. The Morgan fingerprint density at radius 3 is 2.86 bits per heavy atom. The van der Waals surface area contributed by atoms with Gasteiger partial charge in [0.15, 0.2) is 0 Å². The number of methoxy groups -OCH3 is 1. The fourth-order valence-corrected chi connectivity index (χ4v) is 3.49. The lowest BCUT2D eigenvalue weighted by Gasteiger charge is -1.99. The highest BCUT2D eigenvalue weighted by Gasteiger charge is 2.17. The number of hydrazone groups is 1. The van der Waals surface area contributed by atoms with E-state index in [9.17, 15) is 4.79 Å². The summed E-state index contributed by atoms with van der Waals surface area (Å²) in [7, 11) is 1.63. The SMILES string of the molecule is COc1ccc(/C=N\NC(=O)c2cc3c(s2)CCC3)cc1. The Bertz CT molecular complexity index is 653. The molecule has 1 aromatic heterocycles. The molecule has 4 nitrogen and oxygen atoms in total. The first-order valence-electron chi connectivity index (χ1n) is 6.85. The zero-order chi connectivity index (χ0) is 14.7. The Kier molecular flexibility index (Phi) is 4.01. The summed E-state index contributed by atoms with van der Waals surface area (Å²) in [6.07, 6.45) is 5.02.